The summed E-state index contributed by atoms with van der Waals surface area (Å²) in [5, 5.41) is 9.06. The molecule has 21 heavy (non-hydrogen) atoms. The number of hydrogen-bond donors (Lipinski definition) is 2. The highest BCUT2D eigenvalue weighted by Crippen LogP contribution is 2.53. The molecule has 0 saturated heterocycles. The zero-order chi connectivity index (χ0) is 16.0. The summed E-state index contributed by atoms with van der Waals surface area (Å²) >= 11 is 1.88. The average Bonchev–Trinajstić information content (AvgIpc) is 2.83. The molecule has 1 unspecified atom stereocenters. The van der Waals surface area contributed by atoms with Crippen LogP contribution in [-0.2, 0) is 22.0 Å². The van der Waals surface area contributed by atoms with E-state index in [4.69, 9.17) is 10.8 Å². The smallest absolute Gasteiger partial charge is 0.303 e. The summed E-state index contributed by atoms with van der Waals surface area (Å²) in [5.41, 5.74) is 8.86. The molecule has 0 aliphatic heterocycles. The standard InChI is InChI=1S/C17H27NO2S/c1-16(2,3)14-11(6-7-12(19)20)13-10(9-18)8-17(4,5)15(13)21-14/h10H,6-9,18H2,1-5H3,(H,19,20). The fraction of sp³-hybridized carbons (Fsp3) is 0.706. The van der Waals surface area contributed by atoms with Gasteiger partial charge in [0.25, 0.3) is 0 Å². The third-order valence-electron chi connectivity index (χ3n) is 4.38. The second-order valence-electron chi connectivity index (χ2n) is 7.82. The van der Waals surface area contributed by atoms with Crippen LogP contribution in [-0.4, -0.2) is 17.6 Å². The van der Waals surface area contributed by atoms with Gasteiger partial charge >= 0.3 is 5.97 Å². The van der Waals surface area contributed by atoms with Crippen molar-refractivity contribution in [3.05, 3.63) is 20.9 Å². The van der Waals surface area contributed by atoms with Crippen LogP contribution in [0.25, 0.3) is 0 Å². The summed E-state index contributed by atoms with van der Waals surface area (Å²) in [6, 6.07) is 0. The number of carboxylic acids is 1. The van der Waals surface area contributed by atoms with Gasteiger partial charge in [-0.2, -0.15) is 0 Å². The predicted molar refractivity (Wildman–Crippen MR) is 88.4 cm³/mol. The van der Waals surface area contributed by atoms with Gasteiger partial charge in [0.1, 0.15) is 0 Å². The van der Waals surface area contributed by atoms with Crippen molar-refractivity contribution in [3.8, 4) is 0 Å². The molecular formula is C17H27NO2S. The molecule has 4 heteroatoms. The first kappa shape index (κ1) is 16.5. The van der Waals surface area contributed by atoms with Gasteiger partial charge in [-0.05, 0) is 47.3 Å². The molecule has 1 aromatic heterocycles. The van der Waals surface area contributed by atoms with Gasteiger partial charge in [-0.15, -0.1) is 11.3 Å². The van der Waals surface area contributed by atoms with E-state index < -0.39 is 5.97 Å². The molecule has 3 N–H and O–H groups in total. The van der Waals surface area contributed by atoms with E-state index in [-0.39, 0.29) is 17.3 Å². The van der Waals surface area contributed by atoms with Crippen molar-refractivity contribution in [2.75, 3.05) is 6.54 Å². The number of rotatable bonds is 4. The summed E-state index contributed by atoms with van der Waals surface area (Å²) in [7, 11) is 0. The normalized spacial score (nSPS) is 20.6. The summed E-state index contributed by atoms with van der Waals surface area (Å²) in [4.78, 5) is 13.8. The largest absolute Gasteiger partial charge is 0.481 e. The molecule has 118 valence electrons. The van der Waals surface area contributed by atoms with Gasteiger partial charge in [-0.1, -0.05) is 34.6 Å². The molecule has 0 aromatic carbocycles. The highest BCUT2D eigenvalue weighted by Gasteiger charge is 2.42. The first-order chi connectivity index (χ1) is 9.58. The fourth-order valence-electron chi connectivity index (χ4n) is 3.51. The molecular weight excluding hydrogens is 282 g/mol. The van der Waals surface area contributed by atoms with Crippen molar-refractivity contribution in [1.82, 2.24) is 0 Å². The van der Waals surface area contributed by atoms with Gasteiger partial charge in [0, 0.05) is 16.2 Å². The van der Waals surface area contributed by atoms with Crippen LogP contribution >= 0.6 is 11.3 Å². The first-order valence-electron chi connectivity index (χ1n) is 7.66. The van der Waals surface area contributed by atoms with Gasteiger partial charge in [-0.25, -0.2) is 0 Å². The predicted octanol–water partition coefficient (Wildman–Crippen LogP) is 3.79. The maximum absolute atomic E-state index is 11.0. The molecule has 1 atom stereocenters. The van der Waals surface area contributed by atoms with Gasteiger partial charge in [0.05, 0.1) is 0 Å². The minimum absolute atomic E-state index is 0.0536. The zero-order valence-corrected chi connectivity index (χ0v) is 14.6. The van der Waals surface area contributed by atoms with Crippen molar-refractivity contribution in [1.29, 1.82) is 0 Å². The van der Waals surface area contributed by atoms with Crippen LogP contribution in [0, 0.1) is 0 Å². The van der Waals surface area contributed by atoms with E-state index in [1.54, 1.807) is 0 Å². The van der Waals surface area contributed by atoms with Crippen LogP contribution < -0.4 is 5.73 Å². The molecule has 1 aromatic rings. The Balaban J connectivity index is 2.57. The van der Waals surface area contributed by atoms with E-state index in [2.05, 4.69) is 34.6 Å². The Morgan fingerprint density at radius 3 is 2.52 bits per heavy atom. The number of thiophene rings is 1. The number of nitrogens with two attached hydrogens (primary N) is 1. The SMILES string of the molecule is CC(C)(C)c1sc2c(c1CCC(=O)O)C(CN)CC2(C)C. The Kier molecular flexibility index (Phi) is 4.24. The Hall–Kier alpha value is -0.870. The Morgan fingerprint density at radius 2 is 2.05 bits per heavy atom. The third-order valence-corrected chi connectivity index (χ3v) is 6.42. The van der Waals surface area contributed by atoms with E-state index in [1.165, 1.54) is 20.9 Å². The zero-order valence-electron chi connectivity index (χ0n) is 13.7. The van der Waals surface area contributed by atoms with Gasteiger partial charge in [0.15, 0.2) is 0 Å². The lowest BCUT2D eigenvalue weighted by molar-refractivity contribution is -0.136. The van der Waals surface area contributed by atoms with E-state index >= 15 is 0 Å². The lowest BCUT2D eigenvalue weighted by Gasteiger charge is -2.23. The molecule has 0 radical (unpaired) electrons. The highest BCUT2D eigenvalue weighted by atomic mass is 32.1. The lowest BCUT2D eigenvalue weighted by Crippen LogP contribution is -2.18. The van der Waals surface area contributed by atoms with Gasteiger partial charge in [-0.3, -0.25) is 4.79 Å². The van der Waals surface area contributed by atoms with Gasteiger partial charge in [0.2, 0.25) is 0 Å². The first-order valence-corrected chi connectivity index (χ1v) is 8.48. The third kappa shape index (κ3) is 3.02. The maximum atomic E-state index is 11.0. The van der Waals surface area contributed by atoms with Crippen molar-refractivity contribution >= 4 is 17.3 Å². The number of fused-ring (bicyclic) bond motifs is 1. The highest BCUT2D eigenvalue weighted by molar-refractivity contribution is 7.12. The molecule has 2 rings (SSSR count). The summed E-state index contributed by atoms with van der Waals surface area (Å²) in [6.07, 6.45) is 1.90. The monoisotopic (exact) mass is 309 g/mol. The van der Waals surface area contributed by atoms with E-state index in [0.29, 0.717) is 18.9 Å². The molecule has 1 aliphatic rings. The summed E-state index contributed by atoms with van der Waals surface area (Å²) in [6.45, 7) is 11.8. The molecule has 3 nitrogen and oxygen atoms in total. The Labute approximate surface area is 131 Å². The van der Waals surface area contributed by atoms with Crippen LogP contribution in [0.15, 0.2) is 0 Å². The fourth-order valence-corrected chi connectivity index (χ4v) is 5.12. The molecule has 1 heterocycles. The minimum atomic E-state index is -0.726. The molecule has 0 fully saturated rings. The van der Waals surface area contributed by atoms with Crippen molar-refractivity contribution in [2.24, 2.45) is 5.73 Å². The molecule has 1 aliphatic carbocycles. The second kappa shape index (κ2) is 5.40. The topological polar surface area (TPSA) is 63.3 Å². The van der Waals surface area contributed by atoms with E-state index in [9.17, 15) is 4.79 Å². The van der Waals surface area contributed by atoms with Crippen LogP contribution in [0.5, 0.6) is 0 Å². The maximum Gasteiger partial charge on any atom is 0.303 e. The number of hydrogen-bond acceptors (Lipinski definition) is 3. The van der Waals surface area contributed by atoms with Crippen LogP contribution in [0.3, 0.4) is 0 Å². The van der Waals surface area contributed by atoms with Crippen LogP contribution in [0.4, 0.5) is 0 Å². The molecule has 0 bridgehead atoms. The average molecular weight is 309 g/mol. The summed E-state index contributed by atoms with van der Waals surface area (Å²) in [5.74, 6) is -0.345. The summed E-state index contributed by atoms with van der Waals surface area (Å²) < 4.78 is 0. The Bertz CT molecular complexity index is 552. The van der Waals surface area contributed by atoms with Crippen molar-refractivity contribution in [2.45, 2.75) is 70.6 Å². The van der Waals surface area contributed by atoms with Gasteiger partial charge < -0.3 is 10.8 Å². The molecule has 0 spiro atoms. The molecule has 0 amide bonds. The van der Waals surface area contributed by atoms with E-state index in [1.807, 2.05) is 11.3 Å². The van der Waals surface area contributed by atoms with Crippen molar-refractivity contribution < 1.29 is 9.90 Å². The lowest BCUT2D eigenvalue weighted by atomic mass is 9.86. The minimum Gasteiger partial charge on any atom is -0.481 e. The second-order valence-corrected chi connectivity index (χ2v) is 8.84. The van der Waals surface area contributed by atoms with Crippen LogP contribution in [0.2, 0.25) is 0 Å². The van der Waals surface area contributed by atoms with E-state index in [0.717, 1.165) is 6.42 Å². The van der Waals surface area contributed by atoms with Crippen molar-refractivity contribution in [3.63, 3.8) is 0 Å². The number of carbonyl (C=O) groups is 1. The quantitative estimate of drug-likeness (QED) is 0.889. The molecule has 0 saturated carbocycles. The Morgan fingerprint density at radius 1 is 1.43 bits per heavy atom. The van der Waals surface area contributed by atoms with Crippen LogP contribution in [0.1, 0.15) is 74.3 Å². The number of carboxylic acid groups (broad SMARTS) is 1. The number of aliphatic carboxylic acids is 1.